The van der Waals surface area contributed by atoms with Crippen molar-refractivity contribution in [1.82, 2.24) is 4.98 Å². The fourth-order valence-electron chi connectivity index (χ4n) is 2.40. The molecule has 0 saturated heterocycles. The Bertz CT molecular complexity index is 856. The van der Waals surface area contributed by atoms with Gasteiger partial charge in [0.15, 0.2) is 0 Å². The normalized spacial score (nSPS) is 10.7. The zero-order chi connectivity index (χ0) is 15.0. The Balaban J connectivity index is 2.28. The first-order valence-electron chi connectivity index (χ1n) is 6.62. The van der Waals surface area contributed by atoms with Gasteiger partial charge in [0.25, 0.3) is 0 Å². The predicted molar refractivity (Wildman–Crippen MR) is 84.8 cm³/mol. The summed E-state index contributed by atoms with van der Waals surface area (Å²) in [6.45, 7) is 1.96. The number of fused-ring (bicyclic) bond motifs is 1. The number of nitrogens with two attached hydrogens (primary N) is 2. The summed E-state index contributed by atoms with van der Waals surface area (Å²) in [5, 5.41) is 0.965. The van der Waals surface area contributed by atoms with Gasteiger partial charge in [0.1, 0.15) is 0 Å². The molecule has 0 atom stereocenters. The standard InChI is InChI=1S/C17H15N3O/c1-10-5-7-12(17(19)21)13(9-10)15-8-6-11-3-2-4-14(18)16(11)20-15/h2-9H,18H2,1H3,(H2,19,21). The zero-order valence-corrected chi connectivity index (χ0v) is 11.6. The largest absolute Gasteiger partial charge is 0.397 e. The highest BCUT2D eigenvalue weighted by molar-refractivity contribution is 6.00. The van der Waals surface area contributed by atoms with Crippen molar-refractivity contribution >= 4 is 22.5 Å². The predicted octanol–water partition coefficient (Wildman–Crippen LogP) is 2.89. The van der Waals surface area contributed by atoms with Crippen LogP contribution in [0.1, 0.15) is 15.9 Å². The highest BCUT2D eigenvalue weighted by Gasteiger charge is 2.12. The molecule has 0 bridgehead atoms. The van der Waals surface area contributed by atoms with Gasteiger partial charge >= 0.3 is 0 Å². The van der Waals surface area contributed by atoms with Crippen LogP contribution in [0.4, 0.5) is 5.69 Å². The van der Waals surface area contributed by atoms with Gasteiger partial charge in [-0.2, -0.15) is 0 Å². The lowest BCUT2D eigenvalue weighted by Gasteiger charge is -2.09. The number of nitrogens with zero attached hydrogens (tertiary/aromatic N) is 1. The molecule has 0 radical (unpaired) electrons. The molecule has 2 aromatic carbocycles. The van der Waals surface area contributed by atoms with Gasteiger partial charge < -0.3 is 11.5 Å². The van der Waals surface area contributed by atoms with Gasteiger partial charge in [-0.15, -0.1) is 0 Å². The summed E-state index contributed by atoms with van der Waals surface area (Å²) in [5.41, 5.74) is 15.7. The molecule has 0 fully saturated rings. The van der Waals surface area contributed by atoms with Crippen molar-refractivity contribution in [1.29, 1.82) is 0 Å². The maximum Gasteiger partial charge on any atom is 0.249 e. The number of hydrogen-bond donors (Lipinski definition) is 2. The third-order valence-electron chi connectivity index (χ3n) is 3.47. The van der Waals surface area contributed by atoms with Crippen LogP contribution in [0.2, 0.25) is 0 Å². The first-order chi connectivity index (χ1) is 10.1. The number of pyridine rings is 1. The number of carbonyl (C=O) groups is 1. The van der Waals surface area contributed by atoms with Crippen molar-refractivity contribution < 1.29 is 4.79 Å². The summed E-state index contributed by atoms with van der Waals surface area (Å²) in [5.74, 6) is -0.465. The smallest absolute Gasteiger partial charge is 0.249 e. The first-order valence-corrected chi connectivity index (χ1v) is 6.62. The summed E-state index contributed by atoms with van der Waals surface area (Å²) >= 11 is 0. The number of aromatic nitrogens is 1. The van der Waals surface area contributed by atoms with E-state index >= 15 is 0 Å². The number of primary amides is 1. The Morgan fingerprint density at radius 1 is 1.10 bits per heavy atom. The lowest BCUT2D eigenvalue weighted by molar-refractivity contribution is 0.100. The number of aryl methyl sites for hydroxylation is 1. The van der Waals surface area contributed by atoms with Gasteiger partial charge in [-0.3, -0.25) is 4.79 Å². The Hall–Kier alpha value is -2.88. The first kappa shape index (κ1) is 13.1. The molecule has 4 N–H and O–H groups in total. The molecule has 3 aromatic rings. The average molecular weight is 277 g/mol. The van der Waals surface area contributed by atoms with E-state index in [0.29, 0.717) is 16.9 Å². The van der Waals surface area contributed by atoms with E-state index in [9.17, 15) is 4.79 Å². The molecule has 3 rings (SSSR count). The number of hydrogen-bond acceptors (Lipinski definition) is 3. The molecule has 4 nitrogen and oxygen atoms in total. The molecule has 0 aliphatic heterocycles. The maximum absolute atomic E-state index is 11.6. The average Bonchev–Trinajstić information content (AvgIpc) is 2.47. The molecule has 104 valence electrons. The van der Waals surface area contributed by atoms with E-state index in [1.807, 2.05) is 49.4 Å². The van der Waals surface area contributed by atoms with Crippen LogP contribution >= 0.6 is 0 Å². The summed E-state index contributed by atoms with van der Waals surface area (Å²) < 4.78 is 0. The zero-order valence-electron chi connectivity index (χ0n) is 11.6. The van der Waals surface area contributed by atoms with Crippen molar-refractivity contribution in [2.75, 3.05) is 5.73 Å². The van der Waals surface area contributed by atoms with Gasteiger partial charge in [-0.25, -0.2) is 4.98 Å². The molecule has 0 saturated carbocycles. The Kier molecular flexibility index (Phi) is 3.06. The minimum absolute atomic E-state index is 0.460. The van der Waals surface area contributed by atoms with Crippen LogP contribution in [0.3, 0.4) is 0 Å². The topological polar surface area (TPSA) is 82.0 Å². The van der Waals surface area contributed by atoms with Crippen molar-refractivity contribution in [3.8, 4) is 11.3 Å². The second kappa shape index (κ2) is 4.90. The molecule has 0 spiro atoms. The molecule has 1 amide bonds. The van der Waals surface area contributed by atoms with E-state index in [2.05, 4.69) is 4.98 Å². The number of nitrogen functional groups attached to an aromatic ring is 1. The third-order valence-corrected chi connectivity index (χ3v) is 3.47. The number of para-hydroxylation sites is 1. The molecule has 4 heteroatoms. The molecule has 1 heterocycles. The highest BCUT2D eigenvalue weighted by Crippen LogP contribution is 2.27. The lowest BCUT2D eigenvalue weighted by atomic mass is 10.00. The van der Waals surface area contributed by atoms with E-state index in [-0.39, 0.29) is 0 Å². The van der Waals surface area contributed by atoms with Crippen LogP contribution in [0.25, 0.3) is 22.2 Å². The number of rotatable bonds is 2. The number of carbonyl (C=O) groups excluding carboxylic acids is 1. The van der Waals surface area contributed by atoms with Gasteiger partial charge in [-0.1, -0.05) is 29.8 Å². The lowest BCUT2D eigenvalue weighted by Crippen LogP contribution is -2.12. The maximum atomic E-state index is 11.6. The number of anilines is 1. The molecule has 0 aliphatic rings. The van der Waals surface area contributed by atoms with Crippen molar-refractivity contribution in [2.24, 2.45) is 5.73 Å². The summed E-state index contributed by atoms with van der Waals surface area (Å²) in [6.07, 6.45) is 0. The quantitative estimate of drug-likeness (QED) is 0.706. The molecule has 21 heavy (non-hydrogen) atoms. The fourth-order valence-corrected chi connectivity index (χ4v) is 2.40. The minimum Gasteiger partial charge on any atom is -0.397 e. The van der Waals surface area contributed by atoms with Crippen LogP contribution in [0.15, 0.2) is 48.5 Å². The monoisotopic (exact) mass is 277 g/mol. The number of amides is 1. The SMILES string of the molecule is Cc1ccc(C(N)=O)c(-c2ccc3cccc(N)c3n2)c1. The van der Waals surface area contributed by atoms with E-state index < -0.39 is 5.91 Å². The van der Waals surface area contributed by atoms with Crippen LogP contribution in [-0.2, 0) is 0 Å². The van der Waals surface area contributed by atoms with Gasteiger partial charge in [0.05, 0.1) is 16.9 Å². The summed E-state index contributed by atoms with van der Waals surface area (Å²) in [7, 11) is 0. The van der Waals surface area contributed by atoms with Crippen LogP contribution in [-0.4, -0.2) is 10.9 Å². The van der Waals surface area contributed by atoms with E-state index in [0.717, 1.165) is 22.0 Å². The third kappa shape index (κ3) is 2.31. The van der Waals surface area contributed by atoms with Crippen molar-refractivity contribution in [3.63, 3.8) is 0 Å². The molecular weight excluding hydrogens is 262 g/mol. The van der Waals surface area contributed by atoms with Gasteiger partial charge in [0.2, 0.25) is 5.91 Å². The molecule has 0 unspecified atom stereocenters. The van der Waals surface area contributed by atoms with E-state index in [4.69, 9.17) is 11.5 Å². The molecule has 1 aromatic heterocycles. The van der Waals surface area contributed by atoms with Crippen molar-refractivity contribution in [2.45, 2.75) is 6.92 Å². The number of benzene rings is 2. The van der Waals surface area contributed by atoms with Crippen LogP contribution in [0, 0.1) is 6.92 Å². The molecule has 0 aliphatic carbocycles. The second-order valence-electron chi connectivity index (χ2n) is 5.03. The highest BCUT2D eigenvalue weighted by atomic mass is 16.1. The Morgan fingerprint density at radius 3 is 2.67 bits per heavy atom. The Morgan fingerprint density at radius 2 is 1.90 bits per heavy atom. The van der Waals surface area contributed by atoms with E-state index in [1.54, 1.807) is 6.07 Å². The molecular formula is C17H15N3O. The van der Waals surface area contributed by atoms with Gasteiger partial charge in [0, 0.05) is 16.5 Å². The van der Waals surface area contributed by atoms with Gasteiger partial charge in [-0.05, 0) is 31.2 Å². The van der Waals surface area contributed by atoms with Crippen LogP contribution < -0.4 is 11.5 Å². The Labute approximate surface area is 122 Å². The summed E-state index contributed by atoms with van der Waals surface area (Å²) in [6, 6.07) is 15.0. The second-order valence-corrected chi connectivity index (χ2v) is 5.03. The minimum atomic E-state index is -0.465. The van der Waals surface area contributed by atoms with Crippen LogP contribution in [0.5, 0.6) is 0 Å². The fraction of sp³-hybridized carbons (Fsp3) is 0.0588. The van der Waals surface area contributed by atoms with E-state index in [1.165, 1.54) is 0 Å². The summed E-state index contributed by atoms with van der Waals surface area (Å²) in [4.78, 5) is 16.2. The van der Waals surface area contributed by atoms with Crippen molar-refractivity contribution in [3.05, 3.63) is 59.7 Å².